The quantitative estimate of drug-likeness (QED) is 0.0500. The van der Waals surface area contributed by atoms with Crippen LogP contribution in [0.5, 0.6) is 11.5 Å². The minimum Gasteiger partial charge on any atom is -0.497 e. The number of nitrogens with one attached hydrogen (secondary N) is 2. The number of hydrogen-bond acceptors (Lipinski definition) is 11. The van der Waals surface area contributed by atoms with Crippen LogP contribution in [-0.4, -0.2) is 71.6 Å². The summed E-state index contributed by atoms with van der Waals surface area (Å²) in [4.78, 5) is 46.9. The van der Waals surface area contributed by atoms with Crippen molar-refractivity contribution in [3.63, 3.8) is 0 Å². The topological polar surface area (TPSA) is 144 Å². The van der Waals surface area contributed by atoms with Crippen LogP contribution in [0.25, 0.3) is 4.85 Å². The molecule has 1 fully saturated rings. The van der Waals surface area contributed by atoms with E-state index in [0.29, 0.717) is 30.1 Å². The van der Waals surface area contributed by atoms with E-state index < -0.39 is 49.1 Å². The molecular weight excluding hydrogens is 816 g/mol. The Bertz CT molecular complexity index is 2300. The minimum atomic E-state index is -1.67. The molecule has 0 spiro atoms. The van der Waals surface area contributed by atoms with Gasteiger partial charge in [-0.2, -0.15) is 0 Å². The first-order valence-electron chi connectivity index (χ1n) is 20.0. The molecule has 2 N–H and O–H groups in total. The summed E-state index contributed by atoms with van der Waals surface area (Å²) in [5.74, 6) is 1.30. The lowest BCUT2D eigenvalue weighted by molar-refractivity contribution is -0.0964. The lowest BCUT2D eigenvalue weighted by Crippen LogP contribution is -2.45. The largest absolute Gasteiger partial charge is 0.497 e. The molecule has 0 aliphatic carbocycles. The van der Waals surface area contributed by atoms with Gasteiger partial charge in [0.05, 0.1) is 32.7 Å². The Hall–Kier alpha value is -5.10. The third-order valence-corrected chi connectivity index (χ3v) is 12.4. The van der Waals surface area contributed by atoms with E-state index in [-0.39, 0.29) is 23.8 Å². The fraction of sp³-hybridized carbons (Fsp3) is 0.348. The summed E-state index contributed by atoms with van der Waals surface area (Å²) in [6, 6.07) is 38.3. The third kappa shape index (κ3) is 11.4. The first-order valence-corrected chi connectivity index (χ1v) is 22.1. The van der Waals surface area contributed by atoms with E-state index in [4.69, 9.17) is 28.0 Å². The molecule has 1 aliphatic rings. The summed E-state index contributed by atoms with van der Waals surface area (Å²) in [5, 5.41) is 2.23. The zero-order valence-electron chi connectivity index (χ0n) is 35.1. The van der Waals surface area contributed by atoms with Crippen LogP contribution in [0, 0.1) is 6.07 Å². The number of ether oxygens (including phenoxy) is 4. The molecule has 320 valence electrons. The van der Waals surface area contributed by atoms with Crippen LogP contribution in [0.2, 0.25) is 0 Å². The Balaban J connectivity index is 1.52. The second-order valence-electron chi connectivity index (χ2n) is 14.7. The average molecular weight is 868 g/mol. The predicted octanol–water partition coefficient (Wildman–Crippen LogP) is 8.16. The Morgan fingerprint density at radius 3 is 2.00 bits per heavy atom. The highest BCUT2D eigenvalue weighted by molar-refractivity contribution is 8.14. The normalized spacial score (nSPS) is 18.1. The van der Waals surface area contributed by atoms with Gasteiger partial charge in [-0.25, -0.2) is 9.88 Å². The van der Waals surface area contributed by atoms with Gasteiger partial charge in [-0.15, -0.1) is 0 Å². The average Bonchev–Trinajstić information content (AvgIpc) is 3.59. The molecule has 1 aromatic heterocycles. The second kappa shape index (κ2) is 21.6. The fourth-order valence-electron chi connectivity index (χ4n) is 6.85. The highest BCUT2D eigenvalue weighted by Crippen LogP contribution is 2.49. The Kier molecular flexibility index (Phi) is 16.1. The predicted molar refractivity (Wildman–Crippen MR) is 239 cm³/mol. The molecule has 2 heterocycles. The summed E-state index contributed by atoms with van der Waals surface area (Å²) >= 11 is 0.996. The van der Waals surface area contributed by atoms with Gasteiger partial charge < -0.3 is 28.0 Å². The summed E-state index contributed by atoms with van der Waals surface area (Å²) in [6.07, 6.45) is -1.13. The molecule has 1 saturated heterocycles. The molecule has 0 saturated carbocycles. The maximum atomic E-state index is 14.3. The molecular formula is C46H52N4O9PS+. The SMILES string of the molecule is COc1ccc(C(O[C@H]2[C@@H](SC(=O)c3ccccc3)[C@H](n3ccc(=O)[nH]c3=O)O[C@@H]2COP(NC(C)C)OCCC#[N+]C(C)C)(c2ccccc2)c2ccc(OC)cc2)cc1. The van der Waals surface area contributed by atoms with Gasteiger partial charge in [0.1, 0.15) is 35.7 Å². The fourth-order valence-corrected chi connectivity index (χ4v) is 9.23. The number of nitrogens with zero attached hydrogens (tertiary/aromatic N) is 2. The molecule has 0 bridgehead atoms. The molecule has 5 aromatic rings. The van der Waals surface area contributed by atoms with E-state index in [2.05, 4.69) is 21.0 Å². The van der Waals surface area contributed by atoms with E-state index in [1.807, 2.05) is 113 Å². The highest BCUT2D eigenvalue weighted by Gasteiger charge is 2.53. The molecule has 61 heavy (non-hydrogen) atoms. The van der Waals surface area contributed by atoms with Crippen molar-refractivity contribution in [1.29, 1.82) is 0 Å². The van der Waals surface area contributed by atoms with Gasteiger partial charge >= 0.3 is 5.69 Å². The van der Waals surface area contributed by atoms with E-state index >= 15 is 0 Å². The number of benzene rings is 4. The van der Waals surface area contributed by atoms with Gasteiger partial charge in [-0.3, -0.25) is 19.1 Å². The molecule has 1 aliphatic heterocycles. The Labute approximate surface area is 361 Å². The van der Waals surface area contributed by atoms with Crippen molar-refractivity contribution in [2.45, 2.75) is 75.5 Å². The van der Waals surface area contributed by atoms with Gasteiger partial charge in [0.15, 0.2) is 6.23 Å². The summed E-state index contributed by atoms with van der Waals surface area (Å²) in [6.45, 7) is 8.18. The number of thioether (sulfide) groups is 1. The van der Waals surface area contributed by atoms with Crippen molar-refractivity contribution in [2.75, 3.05) is 27.4 Å². The van der Waals surface area contributed by atoms with Crippen molar-refractivity contribution in [1.82, 2.24) is 14.6 Å². The number of carbonyl (C=O) groups excluding carboxylic acids is 1. The second-order valence-corrected chi connectivity index (χ2v) is 17.1. The molecule has 0 amide bonds. The van der Waals surface area contributed by atoms with Crippen molar-refractivity contribution >= 4 is 25.4 Å². The van der Waals surface area contributed by atoms with Crippen LogP contribution in [0.4, 0.5) is 0 Å². The van der Waals surface area contributed by atoms with Crippen LogP contribution in [0.3, 0.4) is 0 Å². The van der Waals surface area contributed by atoms with E-state index in [1.54, 1.807) is 38.5 Å². The maximum absolute atomic E-state index is 14.3. The minimum absolute atomic E-state index is 0.00565. The van der Waals surface area contributed by atoms with Crippen molar-refractivity contribution in [3.8, 4) is 17.6 Å². The monoisotopic (exact) mass is 867 g/mol. The molecule has 13 nitrogen and oxygen atoms in total. The number of methoxy groups -OCH3 is 2. The number of carbonyl (C=O) groups is 1. The maximum Gasteiger partial charge on any atom is 0.330 e. The lowest BCUT2D eigenvalue weighted by atomic mass is 9.79. The first-order chi connectivity index (χ1) is 29.5. The number of H-pyrrole nitrogens is 1. The van der Waals surface area contributed by atoms with E-state index in [0.717, 1.165) is 28.5 Å². The summed E-state index contributed by atoms with van der Waals surface area (Å²) in [5.41, 5.74) is 0.0951. The van der Waals surface area contributed by atoms with Gasteiger partial charge in [0.25, 0.3) is 26.2 Å². The summed E-state index contributed by atoms with van der Waals surface area (Å²) in [7, 11) is 1.54. The first kappa shape index (κ1) is 45.4. The van der Waals surface area contributed by atoms with Crippen molar-refractivity contribution < 1.29 is 32.8 Å². The zero-order chi connectivity index (χ0) is 43.4. The zero-order valence-corrected chi connectivity index (χ0v) is 36.8. The van der Waals surface area contributed by atoms with E-state index in [1.165, 1.54) is 16.8 Å². The van der Waals surface area contributed by atoms with Gasteiger partial charge in [-0.05, 0) is 54.8 Å². The van der Waals surface area contributed by atoms with E-state index in [9.17, 15) is 14.4 Å². The molecule has 4 aromatic carbocycles. The molecule has 15 heteroatoms. The van der Waals surface area contributed by atoms with Gasteiger partial charge in [0.2, 0.25) is 5.12 Å². The van der Waals surface area contributed by atoms with Crippen LogP contribution in [-0.2, 0) is 24.1 Å². The molecule has 5 atom stereocenters. The summed E-state index contributed by atoms with van der Waals surface area (Å²) < 4.78 is 39.8. The Morgan fingerprint density at radius 1 is 0.852 bits per heavy atom. The smallest absolute Gasteiger partial charge is 0.330 e. The number of hydrogen-bond donors (Lipinski definition) is 2. The highest BCUT2D eigenvalue weighted by atomic mass is 32.2. The number of aromatic nitrogens is 2. The molecule has 6 rings (SSSR count). The van der Waals surface area contributed by atoms with Crippen LogP contribution in [0.1, 0.15) is 67.4 Å². The number of aromatic amines is 1. The lowest BCUT2D eigenvalue weighted by Gasteiger charge is -2.40. The third-order valence-electron chi connectivity index (χ3n) is 9.64. The van der Waals surface area contributed by atoms with Gasteiger partial charge in [-0.1, -0.05) is 102 Å². The van der Waals surface area contributed by atoms with Crippen LogP contribution < -0.4 is 25.8 Å². The van der Waals surface area contributed by atoms with Crippen LogP contribution >= 0.6 is 20.3 Å². The Morgan fingerprint density at radius 2 is 1.44 bits per heavy atom. The standard InChI is InChI=1S/C46H51N4O9PS/c1-31(2)47-27-13-29-56-60(49-32(3)4)57-30-39-41(42(61-44(52)33-14-9-7-10-15-33)43(58-39)50-28-26-40(51)48-45(50)53)59-46(34-16-11-8-12-17-34,35-18-22-37(54-5)23-19-35)36-20-24-38(55-6)25-21-36/h7-12,14-26,28,31-32,39,41-43,49H,13,29-30H2,1-6H3/p+1/t39-,41-,42-,43-,60?/m1/s1. The number of rotatable bonds is 18. The van der Waals surface area contributed by atoms with Crippen LogP contribution in [0.15, 0.2) is 131 Å². The van der Waals surface area contributed by atoms with Gasteiger partial charge in [0, 0.05) is 37.7 Å². The molecule has 1 unspecified atom stereocenters. The van der Waals surface area contributed by atoms with Crippen molar-refractivity contribution in [2.24, 2.45) is 0 Å². The molecule has 0 radical (unpaired) electrons. The van der Waals surface area contributed by atoms with Crippen molar-refractivity contribution in [3.05, 3.63) is 169 Å².